The highest BCUT2D eigenvalue weighted by atomic mass is 32.2. The molecule has 1 aromatic heterocycles. The molecule has 8 heteroatoms. The Kier molecular flexibility index (Phi) is 4.52. The Bertz CT molecular complexity index is 786. The third kappa shape index (κ3) is 3.47. The van der Waals surface area contributed by atoms with Crippen LogP contribution >= 0.6 is 0 Å². The summed E-state index contributed by atoms with van der Waals surface area (Å²) >= 11 is 0. The van der Waals surface area contributed by atoms with E-state index >= 15 is 0 Å². The fourth-order valence-electron chi connectivity index (χ4n) is 1.59. The number of ether oxygens (including phenoxy) is 1. The second kappa shape index (κ2) is 6.35. The number of amides is 1. The first-order valence-corrected chi connectivity index (χ1v) is 7.59. The summed E-state index contributed by atoms with van der Waals surface area (Å²) in [6.45, 7) is 0. The molecule has 0 saturated heterocycles. The smallest absolute Gasteiger partial charge is 0.356 e. The van der Waals surface area contributed by atoms with Gasteiger partial charge in [0.2, 0.25) is 0 Å². The number of rotatable bonds is 4. The molecular weight excluding hydrogens is 308 g/mol. The third-order valence-electron chi connectivity index (χ3n) is 2.70. The van der Waals surface area contributed by atoms with Crippen molar-refractivity contribution in [3.05, 3.63) is 59.9 Å². The molecule has 0 aliphatic heterocycles. The standard InChI is InChI=1S/C14H12N2O5S/c1-21-14(18)12-8-7-10(9-15-12)13(17)16-22(19,20)11-5-3-2-4-6-11/h2-9H,1H3,(H,16,17). The lowest BCUT2D eigenvalue weighted by Crippen LogP contribution is -2.30. The fraction of sp³-hybridized carbons (Fsp3) is 0.0714. The van der Waals surface area contributed by atoms with E-state index in [1.54, 1.807) is 18.2 Å². The summed E-state index contributed by atoms with van der Waals surface area (Å²) in [5, 5.41) is 0. The molecule has 0 unspecified atom stereocenters. The van der Waals surface area contributed by atoms with Crippen molar-refractivity contribution < 1.29 is 22.7 Å². The Balaban J connectivity index is 2.17. The minimum atomic E-state index is -3.96. The number of hydrogen-bond donors (Lipinski definition) is 1. The molecule has 0 spiro atoms. The molecule has 1 heterocycles. The summed E-state index contributed by atoms with van der Waals surface area (Å²) in [7, 11) is -2.75. The van der Waals surface area contributed by atoms with Gasteiger partial charge >= 0.3 is 5.97 Å². The molecule has 2 aromatic rings. The van der Waals surface area contributed by atoms with Crippen LogP contribution in [0.3, 0.4) is 0 Å². The van der Waals surface area contributed by atoms with Gasteiger partial charge in [0.25, 0.3) is 15.9 Å². The molecule has 1 aromatic carbocycles. The number of nitrogens with one attached hydrogen (secondary N) is 1. The molecule has 0 radical (unpaired) electrons. The lowest BCUT2D eigenvalue weighted by Gasteiger charge is -2.07. The minimum absolute atomic E-state index is 0.00663. The van der Waals surface area contributed by atoms with Gasteiger partial charge in [-0.15, -0.1) is 0 Å². The van der Waals surface area contributed by atoms with Crippen LogP contribution in [-0.2, 0) is 14.8 Å². The van der Waals surface area contributed by atoms with Gasteiger partial charge in [-0.25, -0.2) is 22.9 Å². The van der Waals surface area contributed by atoms with Gasteiger partial charge in [0.05, 0.1) is 17.6 Å². The van der Waals surface area contributed by atoms with E-state index in [-0.39, 0.29) is 16.2 Å². The lowest BCUT2D eigenvalue weighted by molar-refractivity contribution is 0.0593. The van der Waals surface area contributed by atoms with Crippen LogP contribution in [0.4, 0.5) is 0 Å². The van der Waals surface area contributed by atoms with E-state index in [0.717, 1.165) is 6.20 Å². The Morgan fingerprint density at radius 1 is 1.09 bits per heavy atom. The number of pyridine rings is 1. The number of aromatic nitrogens is 1. The Labute approximate surface area is 127 Å². The second-order valence-electron chi connectivity index (χ2n) is 4.17. The molecule has 2 rings (SSSR count). The lowest BCUT2D eigenvalue weighted by atomic mass is 10.2. The number of hydrogen-bond acceptors (Lipinski definition) is 6. The normalized spacial score (nSPS) is 10.8. The molecule has 1 N–H and O–H groups in total. The van der Waals surface area contributed by atoms with Crippen molar-refractivity contribution in [2.45, 2.75) is 4.90 Å². The maximum atomic E-state index is 12.0. The zero-order valence-corrected chi connectivity index (χ0v) is 12.3. The molecule has 7 nitrogen and oxygen atoms in total. The largest absolute Gasteiger partial charge is 0.464 e. The predicted octanol–water partition coefficient (Wildman–Crippen LogP) is 0.987. The van der Waals surface area contributed by atoms with Crippen LogP contribution in [0.15, 0.2) is 53.6 Å². The fourth-order valence-corrected chi connectivity index (χ4v) is 2.59. The van der Waals surface area contributed by atoms with Gasteiger partial charge in [-0.2, -0.15) is 0 Å². The van der Waals surface area contributed by atoms with Crippen LogP contribution in [0.1, 0.15) is 20.8 Å². The molecule has 22 heavy (non-hydrogen) atoms. The monoisotopic (exact) mass is 320 g/mol. The molecule has 0 aliphatic carbocycles. The summed E-state index contributed by atoms with van der Waals surface area (Å²) in [4.78, 5) is 26.9. The van der Waals surface area contributed by atoms with Gasteiger partial charge in [0.15, 0.2) is 0 Å². The van der Waals surface area contributed by atoms with Crippen molar-refractivity contribution in [1.82, 2.24) is 9.71 Å². The molecule has 0 atom stereocenters. The second-order valence-corrected chi connectivity index (χ2v) is 5.85. The first-order chi connectivity index (χ1) is 10.4. The topological polar surface area (TPSA) is 102 Å². The van der Waals surface area contributed by atoms with Crippen LogP contribution in [0.25, 0.3) is 0 Å². The van der Waals surface area contributed by atoms with E-state index in [0.29, 0.717) is 0 Å². The molecular formula is C14H12N2O5S. The number of methoxy groups -OCH3 is 1. The summed E-state index contributed by atoms with van der Waals surface area (Å²) in [6, 6.07) is 10.1. The average Bonchev–Trinajstić information content (AvgIpc) is 2.54. The Hall–Kier alpha value is -2.74. The van der Waals surface area contributed by atoms with Crippen LogP contribution in [-0.4, -0.2) is 32.4 Å². The predicted molar refractivity (Wildman–Crippen MR) is 76.7 cm³/mol. The third-order valence-corrected chi connectivity index (χ3v) is 4.05. The maximum Gasteiger partial charge on any atom is 0.356 e. The SMILES string of the molecule is COC(=O)c1ccc(C(=O)NS(=O)(=O)c2ccccc2)cn1. The van der Waals surface area contributed by atoms with Crippen LogP contribution < -0.4 is 4.72 Å². The van der Waals surface area contributed by atoms with Crippen molar-refractivity contribution in [2.24, 2.45) is 0 Å². The van der Waals surface area contributed by atoms with Gasteiger partial charge in [-0.3, -0.25) is 4.79 Å². The van der Waals surface area contributed by atoms with Crippen molar-refractivity contribution in [3.63, 3.8) is 0 Å². The van der Waals surface area contributed by atoms with Crippen LogP contribution in [0, 0.1) is 0 Å². The molecule has 114 valence electrons. The zero-order chi connectivity index (χ0) is 16.2. The van der Waals surface area contributed by atoms with Crippen LogP contribution in [0.2, 0.25) is 0 Å². The molecule has 0 fully saturated rings. The van der Waals surface area contributed by atoms with E-state index in [1.165, 1.54) is 31.4 Å². The highest BCUT2D eigenvalue weighted by molar-refractivity contribution is 7.90. The molecule has 0 aliphatic rings. The van der Waals surface area contributed by atoms with E-state index in [2.05, 4.69) is 9.72 Å². The highest BCUT2D eigenvalue weighted by Crippen LogP contribution is 2.09. The molecule has 0 saturated carbocycles. The summed E-state index contributed by atoms with van der Waals surface area (Å²) < 4.78 is 30.4. The van der Waals surface area contributed by atoms with Gasteiger partial charge < -0.3 is 4.74 Å². The first kappa shape index (κ1) is 15.6. The van der Waals surface area contributed by atoms with Gasteiger partial charge in [0.1, 0.15) is 5.69 Å². The van der Waals surface area contributed by atoms with Gasteiger partial charge in [0, 0.05) is 6.20 Å². The first-order valence-electron chi connectivity index (χ1n) is 6.10. The van der Waals surface area contributed by atoms with Crippen molar-refractivity contribution in [2.75, 3.05) is 7.11 Å². The minimum Gasteiger partial charge on any atom is -0.464 e. The zero-order valence-electron chi connectivity index (χ0n) is 11.5. The average molecular weight is 320 g/mol. The molecule has 1 amide bonds. The van der Waals surface area contributed by atoms with Crippen molar-refractivity contribution in [1.29, 1.82) is 0 Å². The highest BCUT2D eigenvalue weighted by Gasteiger charge is 2.19. The van der Waals surface area contributed by atoms with Crippen molar-refractivity contribution in [3.8, 4) is 0 Å². The number of carbonyl (C=O) groups is 2. The van der Waals surface area contributed by atoms with E-state index in [4.69, 9.17) is 0 Å². The maximum absolute atomic E-state index is 12.0. The molecule has 0 bridgehead atoms. The number of nitrogens with zero attached hydrogens (tertiary/aromatic N) is 1. The van der Waals surface area contributed by atoms with Crippen LogP contribution in [0.5, 0.6) is 0 Å². The van der Waals surface area contributed by atoms with E-state index in [1.807, 2.05) is 4.72 Å². The van der Waals surface area contributed by atoms with E-state index < -0.39 is 21.9 Å². The van der Waals surface area contributed by atoms with Gasteiger partial charge in [-0.1, -0.05) is 18.2 Å². The Morgan fingerprint density at radius 3 is 2.32 bits per heavy atom. The summed E-state index contributed by atoms with van der Waals surface area (Å²) in [6.07, 6.45) is 1.10. The number of esters is 1. The number of sulfonamides is 1. The number of benzene rings is 1. The summed E-state index contributed by atoms with van der Waals surface area (Å²) in [5.41, 5.74) is 0.0251. The van der Waals surface area contributed by atoms with Gasteiger partial charge in [-0.05, 0) is 24.3 Å². The van der Waals surface area contributed by atoms with Crippen molar-refractivity contribution >= 4 is 21.9 Å². The van der Waals surface area contributed by atoms with E-state index in [9.17, 15) is 18.0 Å². The quantitative estimate of drug-likeness (QED) is 0.843. The number of carbonyl (C=O) groups excluding carboxylic acids is 2. The summed E-state index contributed by atoms with van der Waals surface area (Å²) in [5.74, 6) is -1.49. The Morgan fingerprint density at radius 2 is 1.77 bits per heavy atom.